The van der Waals surface area contributed by atoms with E-state index in [1.807, 2.05) is 27.1 Å². The van der Waals surface area contributed by atoms with Crippen molar-refractivity contribution in [3.63, 3.8) is 0 Å². The maximum Gasteiger partial charge on any atom is 0.216 e. The van der Waals surface area contributed by atoms with Crippen LogP contribution >= 0.6 is 12.4 Å². The van der Waals surface area contributed by atoms with Crippen LogP contribution in [0.5, 0.6) is 0 Å². The first-order chi connectivity index (χ1) is 8.11. The molecule has 2 rings (SSSR count). The van der Waals surface area contributed by atoms with E-state index in [9.17, 15) is 4.39 Å². The molecule has 18 heavy (non-hydrogen) atoms. The lowest BCUT2D eigenvalue weighted by Crippen LogP contribution is -2.04. The summed E-state index contributed by atoms with van der Waals surface area (Å²) in [5, 5.41) is 11.3. The van der Waals surface area contributed by atoms with E-state index in [4.69, 9.17) is 0 Å². The van der Waals surface area contributed by atoms with Crippen molar-refractivity contribution in [3.05, 3.63) is 29.6 Å². The Balaban J connectivity index is 0.00000162. The van der Waals surface area contributed by atoms with Gasteiger partial charge in [-0.25, -0.2) is 4.68 Å². The van der Waals surface area contributed by atoms with Crippen LogP contribution in [0.4, 0.5) is 10.1 Å². The van der Waals surface area contributed by atoms with Crippen molar-refractivity contribution in [2.45, 2.75) is 26.9 Å². The highest BCUT2D eigenvalue weighted by molar-refractivity contribution is 5.85. The molecule has 2 aromatic rings. The number of halogens is 2. The second kappa shape index (κ2) is 5.86. The molecule has 0 spiro atoms. The van der Waals surface area contributed by atoms with Crippen LogP contribution in [0.2, 0.25) is 0 Å². The molecule has 0 fully saturated rings. The Bertz CT molecular complexity index is 519. The molecule has 0 bridgehead atoms. The van der Waals surface area contributed by atoms with E-state index < -0.39 is 0 Å². The van der Waals surface area contributed by atoms with Crippen molar-refractivity contribution in [1.82, 2.24) is 19.6 Å². The van der Waals surface area contributed by atoms with Gasteiger partial charge < -0.3 is 5.32 Å². The van der Waals surface area contributed by atoms with Gasteiger partial charge >= 0.3 is 0 Å². The first kappa shape index (κ1) is 14.5. The third-order valence-corrected chi connectivity index (χ3v) is 2.66. The molecule has 0 saturated heterocycles. The summed E-state index contributed by atoms with van der Waals surface area (Å²) in [5.74, 6) is -0.263. The Hall–Kier alpha value is -1.56. The van der Waals surface area contributed by atoms with Crippen molar-refractivity contribution >= 4 is 18.1 Å². The second-order valence-electron chi connectivity index (χ2n) is 3.93. The summed E-state index contributed by atoms with van der Waals surface area (Å²) in [7, 11) is 1.84. The molecule has 0 aliphatic heterocycles. The van der Waals surface area contributed by atoms with Gasteiger partial charge in [-0.3, -0.25) is 4.68 Å². The summed E-state index contributed by atoms with van der Waals surface area (Å²) in [4.78, 5) is 0. The maximum absolute atomic E-state index is 13.8. The molecule has 1 N–H and O–H groups in total. The molecule has 0 aromatic carbocycles. The van der Waals surface area contributed by atoms with E-state index >= 15 is 0 Å². The predicted molar refractivity (Wildman–Crippen MR) is 70.4 cm³/mol. The van der Waals surface area contributed by atoms with Crippen LogP contribution in [0, 0.1) is 12.9 Å². The molecule has 0 saturated carbocycles. The Kier molecular flexibility index (Phi) is 4.72. The van der Waals surface area contributed by atoms with Crippen LogP contribution < -0.4 is 5.32 Å². The minimum absolute atomic E-state index is 0. The van der Waals surface area contributed by atoms with Crippen LogP contribution in [0.25, 0.3) is 0 Å². The van der Waals surface area contributed by atoms with Crippen LogP contribution in [0.15, 0.2) is 12.4 Å². The van der Waals surface area contributed by atoms with Crippen molar-refractivity contribution < 1.29 is 4.39 Å². The van der Waals surface area contributed by atoms with E-state index in [1.54, 1.807) is 10.9 Å². The largest absolute Gasteiger partial charge is 0.378 e. The Labute approximate surface area is 111 Å². The molecule has 0 unspecified atom stereocenters. The lowest BCUT2D eigenvalue weighted by molar-refractivity contribution is 0.464. The van der Waals surface area contributed by atoms with E-state index in [-0.39, 0.29) is 18.4 Å². The molecule has 0 radical (unpaired) electrons. The number of hydrogen-bond donors (Lipinski definition) is 1. The topological polar surface area (TPSA) is 47.7 Å². The van der Waals surface area contributed by atoms with Crippen LogP contribution in [0.3, 0.4) is 0 Å². The molecular formula is C11H17ClFN5. The van der Waals surface area contributed by atoms with E-state index in [1.165, 1.54) is 4.68 Å². The van der Waals surface area contributed by atoms with Gasteiger partial charge in [0.2, 0.25) is 5.95 Å². The summed E-state index contributed by atoms with van der Waals surface area (Å²) in [5.41, 5.74) is 2.20. The zero-order valence-corrected chi connectivity index (χ0v) is 11.5. The molecule has 7 heteroatoms. The van der Waals surface area contributed by atoms with Gasteiger partial charge in [0.1, 0.15) is 0 Å². The monoisotopic (exact) mass is 273 g/mol. The van der Waals surface area contributed by atoms with Gasteiger partial charge in [0.25, 0.3) is 0 Å². The third-order valence-electron chi connectivity index (χ3n) is 2.66. The van der Waals surface area contributed by atoms with Crippen LogP contribution in [-0.4, -0.2) is 19.6 Å². The van der Waals surface area contributed by atoms with Gasteiger partial charge in [-0.1, -0.05) is 0 Å². The summed E-state index contributed by atoms with van der Waals surface area (Å²) in [6.07, 6.45) is 3.55. The normalized spacial score (nSPS) is 10.2. The first-order valence-electron chi connectivity index (χ1n) is 5.56. The van der Waals surface area contributed by atoms with Gasteiger partial charge in [-0.15, -0.1) is 12.4 Å². The molecule has 100 valence electrons. The van der Waals surface area contributed by atoms with E-state index in [2.05, 4.69) is 15.5 Å². The first-order valence-corrected chi connectivity index (χ1v) is 5.56. The molecular weight excluding hydrogens is 257 g/mol. The highest BCUT2D eigenvalue weighted by Gasteiger charge is 2.13. The third kappa shape index (κ3) is 2.81. The van der Waals surface area contributed by atoms with E-state index in [0.29, 0.717) is 18.7 Å². The lowest BCUT2D eigenvalue weighted by Gasteiger charge is -2.02. The number of aromatic nitrogens is 4. The number of anilines is 1. The van der Waals surface area contributed by atoms with Crippen molar-refractivity contribution in [2.75, 3.05) is 5.32 Å². The highest BCUT2D eigenvalue weighted by atomic mass is 35.5. The molecule has 0 amide bonds. The maximum atomic E-state index is 13.8. The molecule has 2 aromatic heterocycles. The number of rotatable bonds is 4. The fourth-order valence-corrected chi connectivity index (χ4v) is 1.70. The number of aryl methyl sites for hydroxylation is 3. The number of nitrogens with one attached hydrogen (secondary N) is 1. The average molecular weight is 274 g/mol. The second-order valence-corrected chi connectivity index (χ2v) is 3.93. The predicted octanol–water partition coefficient (Wildman–Crippen LogP) is 2.12. The molecule has 2 heterocycles. The van der Waals surface area contributed by atoms with Gasteiger partial charge in [0.15, 0.2) is 0 Å². The fourth-order valence-electron chi connectivity index (χ4n) is 1.70. The number of hydrogen-bond acceptors (Lipinski definition) is 3. The Morgan fingerprint density at radius 3 is 2.67 bits per heavy atom. The average Bonchev–Trinajstić information content (AvgIpc) is 2.82. The van der Waals surface area contributed by atoms with Gasteiger partial charge in [-0.05, 0) is 13.8 Å². The van der Waals surface area contributed by atoms with Crippen molar-refractivity contribution in [2.24, 2.45) is 7.05 Å². The minimum atomic E-state index is -0.263. The van der Waals surface area contributed by atoms with Crippen LogP contribution in [0.1, 0.15) is 18.2 Å². The van der Waals surface area contributed by atoms with E-state index in [0.717, 1.165) is 11.4 Å². The van der Waals surface area contributed by atoms with Gasteiger partial charge in [0.05, 0.1) is 17.6 Å². The summed E-state index contributed by atoms with van der Waals surface area (Å²) in [6, 6.07) is 0. The Morgan fingerprint density at radius 1 is 1.44 bits per heavy atom. The SMILES string of the molecule is CCn1nc(C)c(CNc2cnn(C)c2)c1F.Cl. The minimum Gasteiger partial charge on any atom is -0.378 e. The molecule has 0 atom stereocenters. The van der Waals surface area contributed by atoms with Crippen molar-refractivity contribution in [3.8, 4) is 0 Å². The van der Waals surface area contributed by atoms with Gasteiger partial charge in [-0.2, -0.15) is 14.6 Å². The number of nitrogens with zero attached hydrogens (tertiary/aromatic N) is 4. The zero-order chi connectivity index (χ0) is 12.4. The van der Waals surface area contributed by atoms with Crippen LogP contribution in [-0.2, 0) is 20.1 Å². The van der Waals surface area contributed by atoms with Crippen molar-refractivity contribution in [1.29, 1.82) is 0 Å². The summed E-state index contributed by atoms with van der Waals surface area (Å²) >= 11 is 0. The highest BCUT2D eigenvalue weighted by Crippen LogP contribution is 2.14. The standard InChI is InChI=1S/C11H16FN5.ClH/c1-4-17-11(12)10(8(2)15-17)6-13-9-5-14-16(3)7-9;/h5,7,13H,4,6H2,1-3H3;1H. The summed E-state index contributed by atoms with van der Waals surface area (Å²) < 4.78 is 16.9. The quantitative estimate of drug-likeness (QED) is 0.928. The molecule has 5 nitrogen and oxygen atoms in total. The van der Waals surface area contributed by atoms with Gasteiger partial charge in [0, 0.05) is 31.9 Å². The smallest absolute Gasteiger partial charge is 0.216 e. The summed E-state index contributed by atoms with van der Waals surface area (Å²) in [6.45, 7) is 4.65. The fraction of sp³-hybridized carbons (Fsp3) is 0.455. The lowest BCUT2D eigenvalue weighted by atomic mass is 10.2. The molecule has 0 aliphatic rings. The zero-order valence-electron chi connectivity index (χ0n) is 10.6. The Morgan fingerprint density at radius 2 is 2.17 bits per heavy atom. The molecule has 0 aliphatic carbocycles.